The predicted octanol–water partition coefficient (Wildman–Crippen LogP) is 7.19. The van der Waals surface area contributed by atoms with Gasteiger partial charge in [0.05, 0.1) is 22.7 Å². The monoisotopic (exact) mass is 646 g/mol. The molecular formula is C34H42N6O5S. The fraction of sp³-hybridized carbons (Fsp3) is 0.412. The summed E-state index contributed by atoms with van der Waals surface area (Å²) in [7, 11) is -3.47. The Kier molecular flexibility index (Phi) is 9.95. The molecule has 1 aliphatic carbocycles. The number of benzene rings is 2. The highest BCUT2D eigenvalue weighted by Gasteiger charge is 2.25. The summed E-state index contributed by atoms with van der Waals surface area (Å²) in [6, 6.07) is 15.0. The number of alkyl carbamates (subject to hydrolysis) is 1. The Labute approximate surface area is 270 Å². The number of carbonyl (C=O) groups excluding carboxylic acids is 1. The number of sulfonamides is 1. The lowest BCUT2D eigenvalue weighted by atomic mass is 9.91. The Bertz CT molecular complexity index is 1800. The molecular weight excluding hydrogens is 604 g/mol. The molecule has 11 nitrogen and oxygen atoms in total. The van der Waals surface area contributed by atoms with Crippen molar-refractivity contribution in [2.45, 2.75) is 84.4 Å². The minimum atomic E-state index is -3.47. The number of aryl methyl sites for hydroxylation is 1. The molecule has 0 radical (unpaired) electrons. The minimum absolute atomic E-state index is 0.0399. The van der Waals surface area contributed by atoms with E-state index in [-0.39, 0.29) is 23.9 Å². The highest BCUT2D eigenvalue weighted by atomic mass is 32.2. The maximum absolute atomic E-state index is 12.5. The number of nitrogens with one attached hydrogen (secondary N) is 3. The summed E-state index contributed by atoms with van der Waals surface area (Å²) in [5, 5.41) is 7.92. The van der Waals surface area contributed by atoms with E-state index in [9.17, 15) is 13.2 Å². The molecule has 0 unspecified atom stereocenters. The second kappa shape index (κ2) is 13.9. The van der Waals surface area contributed by atoms with Crippen LogP contribution in [0, 0.1) is 6.92 Å². The average Bonchev–Trinajstić information content (AvgIpc) is 2.99. The molecule has 0 bridgehead atoms. The summed E-state index contributed by atoms with van der Waals surface area (Å²) >= 11 is 0. The first-order valence-corrected chi connectivity index (χ1v) is 17.3. The summed E-state index contributed by atoms with van der Waals surface area (Å²) in [4.78, 5) is 26.0. The molecule has 0 atom stereocenters. The Morgan fingerprint density at radius 3 is 2.43 bits per heavy atom. The standard InChI is InChI=1S/C34H42N6O5S/c1-6-21-46(42,43)40-29-11-7-9-26-25(29)17-12-22(2)30(26)44-31-27(10-8-19-35-31)28-18-20-36-32(39-28)37-23-13-15-24(16-14-23)38-33(41)45-34(3,4)5/h7-12,17-20,23-24,40H,6,13-16,21H2,1-5H3,(H,38,41)(H,36,37,39)/t23-,24-. The van der Waals surface area contributed by atoms with Crippen LogP contribution in [0.5, 0.6) is 11.6 Å². The molecule has 4 aromatic rings. The Morgan fingerprint density at radius 1 is 0.935 bits per heavy atom. The summed E-state index contributed by atoms with van der Waals surface area (Å²) in [5.41, 5.74) is 2.18. The molecule has 1 saturated carbocycles. The third-order valence-corrected chi connectivity index (χ3v) is 9.11. The van der Waals surface area contributed by atoms with Crippen molar-refractivity contribution in [2.24, 2.45) is 0 Å². The lowest BCUT2D eigenvalue weighted by Crippen LogP contribution is -2.42. The van der Waals surface area contributed by atoms with Gasteiger partial charge < -0.3 is 20.1 Å². The number of rotatable bonds is 10. The van der Waals surface area contributed by atoms with Gasteiger partial charge in [-0.2, -0.15) is 0 Å². The molecule has 0 saturated heterocycles. The first kappa shape index (κ1) is 32.9. The number of anilines is 2. The van der Waals surface area contributed by atoms with E-state index in [1.165, 1.54) is 0 Å². The van der Waals surface area contributed by atoms with E-state index in [4.69, 9.17) is 14.5 Å². The van der Waals surface area contributed by atoms with Crippen LogP contribution in [0.25, 0.3) is 22.0 Å². The fourth-order valence-corrected chi connectivity index (χ4v) is 6.68. The Balaban J connectivity index is 1.32. The smallest absolute Gasteiger partial charge is 0.407 e. The molecule has 3 N–H and O–H groups in total. The predicted molar refractivity (Wildman–Crippen MR) is 181 cm³/mol. The molecule has 1 aliphatic rings. The lowest BCUT2D eigenvalue weighted by Gasteiger charge is -2.30. The molecule has 1 amide bonds. The first-order chi connectivity index (χ1) is 21.9. The van der Waals surface area contributed by atoms with Gasteiger partial charge in [-0.05, 0) is 89.6 Å². The van der Waals surface area contributed by atoms with Crippen LogP contribution in [0.4, 0.5) is 16.4 Å². The highest BCUT2D eigenvalue weighted by Crippen LogP contribution is 2.39. The van der Waals surface area contributed by atoms with Gasteiger partial charge in [0, 0.05) is 35.2 Å². The van der Waals surface area contributed by atoms with Gasteiger partial charge >= 0.3 is 6.09 Å². The van der Waals surface area contributed by atoms with Crippen LogP contribution < -0.4 is 20.1 Å². The van der Waals surface area contributed by atoms with Crippen LogP contribution in [0.2, 0.25) is 0 Å². The number of hydrogen-bond acceptors (Lipinski definition) is 9. The van der Waals surface area contributed by atoms with Crippen LogP contribution in [-0.2, 0) is 14.8 Å². The van der Waals surface area contributed by atoms with Gasteiger partial charge in [0.1, 0.15) is 11.4 Å². The van der Waals surface area contributed by atoms with E-state index in [1.54, 1.807) is 24.5 Å². The lowest BCUT2D eigenvalue weighted by molar-refractivity contribution is 0.0492. The molecule has 244 valence electrons. The Morgan fingerprint density at radius 2 is 1.70 bits per heavy atom. The maximum atomic E-state index is 12.5. The van der Waals surface area contributed by atoms with E-state index in [0.29, 0.717) is 40.9 Å². The molecule has 0 spiro atoms. The van der Waals surface area contributed by atoms with Crippen molar-refractivity contribution in [2.75, 3.05) is 15.8 Å². The van der Waals surface area contributed by atoms with E-state index in [2.05, 4.69) is 25.3 Å². The maximum Gasteiger partial charge on any atom is 0.407 e. The number of amides is 1. The molecule has 2 aromatic carbocycles. The molecule has 46 heavy (non-hydrogen) atoms. The van der Waals surface area contributed by atoms with Gasteiger partial charge in [-0.15, -0.1) is 0 Å². The zero-order valence-corrected chi connectivity index (χ0v) is 27.8. The van der Waals surface area contributed by atoms with Crippen LogP contribution >= 0.6 is 0 Å². The third kappa shape index (κ3) is 8.42. The van der Waals surface area contributed by atoms with Gasteiger partial charge in [0.2, 0.25) is 21.9 Å². The largest absolute Gasteiger partial charge is 0.444 e. The summed E-state index contributed by atoms with van der Waals surface area (Å²) in [5.74, 6) is 1.49. The van der Waals surface area contributed by atoms with E-state index >= 15 is 0 Å². The van der Waals surface area contributed by atoms with Crippen LogP contribution in [0.3, 0.4) is 0 Å². The van der Waals surface area contributed by atoms with Gasteiger partial charge in [-0.1, -0.05) is 31.2 Å². The molecule has 12 heteroatoms. The number of pyridine rings is 1. The minimum Gasteiger partial charge on any atom is -0.444 e. The zero-order valence-electron chi connectivity index (χ0n) is 27.0. The SMILES string of the molecule is CCCS(=O)(=O)Nc1cccc2c(Oc3ncccc3-c3ccnc(N[C@H]4CC[C@H](NC(=O)OC(C)(C)C)CC4)n3)c(C)ccc12. The number of fused-ring (bicyclic) bond motifs is 1. The fourth-order valence-electron chi connectivity index (χ4n) is 5.53. The molecule has 2 aromatic heterocycles. The molecule has 1 fully saturated rings. The van der Waals surface area contributed by atoms with Crippen molar-refractivity contribution in [3.63, 3.8) is 0 Å². The van der Waals surface area contributed by atoms with Gasteiger partial charge in [0.15, 0.2) is 0 Å². The number of aromatic nitrogens is 3. The van der Waals surface area contributed by atoms with Crippen molar-refractivity contribution in [3.05, 3.63) is 66.5 Å². The van der Waals surface area contributed by atoms with Crippen molar-refractivity contribution in [3.8, 4) is 22.9 Å². The summed E-state index contributed by atoms with van der Waals surface area (Å²) < 4.78 is 39.7. The van der Waals surface area contributed by atoms with Gasteiger partial charge in [0.25, 0.3) is 0 Å². The number of nitrogens with zero attached hydrogens (tertiary/aromatic N) is 3. The van der Waals surface area contributed by atoms with E-state index in [0.717, 1.165) is 42.0 Å². The Hall–Kier alpha value is -4.45. The average molecular weight is 647 g/mol. The third-order valence-electron chi connectivity index (χ3n) is 7.63. The van der Waals surface area contributed by atoms with Crippen molar-refractivity contribution >= 4 is 38.5 Å². The van der Waals surface area contributed by atoms with E-state index in [1.807, 2.05) is 71.0 Å². The second-order valence-corrected chi connectivity index (χ2v) is 14.4. The van der Waals surface area contributed by atoms with Crippen molar-refractivity contribution in [1.29, 1.82) is 0 Å². The normalized spacial score (nSPS) is 16.9. The van der Waals surface area contributed by atoms with Crippen LogP contribution in [0.15, 0.2) is 60.9 Å². The topological polar surface area (TPSA) is 144 Å². The highest BCUT2D eigenvalue weighted by molar-refractivity contribution is 7.92. The van der Waals surface area contributed by atoms with Gasteiger partial charge in [-0.3, -0.25) is 4.72 Å². The summed E-state index contributed by atoms with van der Waals surface area (Å²) in [6.45, 7) is 9.33. The van der Waals surface area contributed by atoms with Crippen LogP contribution in [0.1, 0.15) is 65.4 Å². The molecule has 5 rings (SSSR count). The number of ether oxygens (including phenoxy) is 2. The number of carbonyl (C=O) groups is 1. The van der Waals surface area contributed by atoms with Crippen LogP contribution in [-0.4, -0.2) is 52.9 Å². The quantitative estimate of drug-likeness (QED) is 0.163. The molecule has 2 heterocycles. The van der Waals surface area contributed by atoms with Crippen molar-refractivity contribution < 1.29 is 22.7 Å². The summed E-state index contributed by atoms with van der Waals surface area (Å²) in [6.07, 6.45) is 6.85. The first-order valence-electron chi connectivity index (χ1n) is 15.7. The van der Waals surface area contributed by atoms with E-state index < -0.39 is 15.6 Å². The van der Waals surface area contributed by atoms with Gasteiger partial charge in [-0.25, -0.2) is 28.2 Å². The zero-order chi connectivity index (χ0) is 32.9. The van der Waals surface area contributed by atoms with Crippen molar-refractivity contribution in [1.82, 2.24) is 20.3 Å². The second-order valence-electron chi connectivity index (χ2n) is 12.6. The number of hydrogen-bond donors (Lipinski definition) is 3. The molecule has 0 aliphatic heterocycles.